The van der Waals surface area contributed by atoms with E-state index in [1.807, 2.05) is 6.92 Å². The minimum absolute atomic E-state index is 0.0282. The van der Waals surface area contributed by atoms with Gasteiger partial charge in [-0.1, -0.05) is 24.3 Å². The van der Waals surface area contributed by atoms with E-state index in [1.165, 1.54) is 18.2 Å². The van der Waals surface area contributed by atoms with Gasteiger partial charge in [0.2, 0.25) is 10.0 Å². The lowest BCUT2D eigenvalue weighted by Crippen LogP contribution is -2.30. The molecule has 2 aromatic rings. The minimum Gasteiger partial charge on any atom is -0.494 e. The molecular weight excluding hydrogens is 408 g/mol. The molecule has 0 radical (unpaired) electrons. The van der Waals surface area contributed by atoms with Gasteiger partial charge in [0.15, 0.2) is 6.61 Å². The number of rotatable bonds is 10. The van der Waals surface area contributed by atoms with E-state index in [0.29, 0.717) is 19.6 Å². The van der Waals surface area contributed by atoms with Crippen LogP contribution in [0.5, 0.6) is 5.75 Å². The van der Waals surface area contributed by atoms with Gasteiger partial charge in [0.05, 0.1) is 11.5 Å². The molecule has 0 atom stereocenters. The third-order valence-corrected chi connectivity index (χ3v) is 4.87. The van der Waals surface area contributed by atoms with E-state index in [0.717, 1.165) is 16.9 Å². The highest BCUT2D eigenvalue weighted by Crippen LogP contribution is 2.13. The summed E-state index contributed by atoms with van der Waals surface area (Å²) in [6.07, 6.45) is 3.32. The lowest BCUT2D eigenvalue weighted by atomic mass is 10.1. The first-order valence-electron chi connectivity index (χ1n) is 9.24. The zero-order chi connectivity index (χ0) is 22.0. The zero-order valence-electron chi connectivity index (χ0n) is 16.5. The van der Waals surface area contributed by atoms with Crippen LogP contribution in [0.4, 0.5) is 0 Å². The van der Waals surface area contributed by atoms with Crippen molar-refractivity contribution in [1.29, 1.82) is 0 Å². The van der Waals surface area contributed by atoms with Crippen LogP contribution in [0.25, 0.3) is 6.08 Å². The maximum absolute atomic E-state index is 11.8. The van der Waals surface area contributed by atoms with Crippen LogP contribution in [0.1, 0.15) is 18.1 Å². The molecule has 0 heterocycles. The summed E-state index contributed by atoms with van der Waals surface area (Å²) >= 11 is 0. The minimum atomic E-state index is -3.73. The molecule has 2 rings (SSSR count). The first-order valence-corrected chi connectivity index (χ1v) is 10.8. The van der Waals surface area contributed by atoms with Crippen molar-refractivity contribution < 1.29 is 27.5 Å². The molecule has 160 valence electrons. The van der Waals surface area contributed by atoms with Crippen molar-refractivity contribution in [2.75, 3.05) is 19.8 Å². The first kappa shape index (κ1) is 23.1. The predicted octanol–water partition coefficient (Wildman–Crippen LogP) is 1.65. The molecule has 3 N–H and O–H groups in total. The Morgan fingerprint density at radius 3 is 2.33 bits per heavy atom. The number of nitrogens with one attached hydrogen (secondary N) is 1. The van der Waals surface area contributed by atoms with E-state index in [2.05, 4.69) is 5.32 Å². The van der Waals surface area contributed by atoms with Gasteiger partial charge in [-0.15, -0.1) is 0 Å². The summed E-state index contributed by atoms with van der Waals surface area (Å²) in [7, 11) is -3.73. The van der Waals surface area contributed by atoms with Crippen molar-refractivity contribution >= 4 is 28.0 Å². The van der Waals surface area contributed by atoms with Gasteiger partial charge in [0, 0.05) is 12.6 Å². The van der Waals surface area contributed by atoms with E-state index in [1.54, 1.807) is 42.5 Å². The standard InChI is InChI=1S/C21H24N2O6S/c1-2-28-18-8-3-16(4-9-18)7-12-21(25)29-15-20(24)23-14-13-17-5-10-19(11-6-17)30(22,26)27/h3-12H,2,13-15H2,1H3,(H,23,24)(H2,22,26,27)/b12-7+. The maximum atomic E-state index is 11.8. The van der Waals surface area contributed by atoms with Gasteiger partial charge in [-0.05, 0) is 54.8 Å². The molecule has 0 aromatic heterocycles. The number of nitrogens with two attached hydrogens (primary N) is 1. The number of benzene rings is 2. The normalized spacial score (nSPS) is 11.3. The fourth-order valence-electron chi connectivity index (χ4n) is 2.43. The van der Waals surface area contributed by atoms with E-state index < -0.39 is 28.5 Å². The van der Waals surface area contributed by atoms with Crippen molar-refractivity contribution in [3.05, 3.63) is 65.7 Å². The van der Waals surface area contributed by atoms with Gasteiger partial charge in [-0.3, -0.25) is 4.79 Å². The van der Waals surface area contributed by atoms with Crippen molar-refractivity contribution in [1.82, 2.24) is 5.32 Å². The third-order valence-electron chi connectivity index (χ3n) is 3.94. The number of hydrogen-bond donors (Lipinski definition) is 2. The van der Waals surface area contributed by atoms with Crippen molar-refractivity contribution in [2.45, 2.75) is 18.2 Å². The molecule has 0 aliphatic rings. The van der Waals surface area contributed by atoms with Crippen LogP contribution in [0.2, 0.25) is 0 Å². The Labute approximate surface area is 175 Å². The number of sulfonamides is 1. The van der Waals surface area contributed by atoms with Gasteiger partial charge < -0.3 is 14.8 Å². The number of hydrogen-bond acceptors (Lipinski definition) is 6. The third kappa shape index (κ3) is 8.06. The van der Waals surface area contributed by atoms with Gasteiger partial charge in [-0.25, -0.2) is 18.4 Å². The molecule has 9 heteroatoms. The van der Waals surface area contributed by atoms with Crippen LogP contribution in [-0.2, 0) is 30.8 Å². The predicted molar refractivity (Wildman–Crippen MR) is 112 cm³/mol. The molecule has 2 aromatic carbocycles. The zero-order valence-corrected chi connectivity index (χ0v) is 17.4. The Kier molecular flexibility index (Phi) is 8.57. The molecule has 0 saturated carbocycles. The average molecular weight is 432 g/mol. The summed E-state index contributed by atoms with van der Waals surface area (Å²) in [5.74, 6) is -0.314. The van der Waals surface area contributed by atoms with Gasteiger partial charge in [0.1, 0.15) is 5.75 Å². The second kappa shape index (κ2) is 11.1. The van der Waals surface area contributed by atoms with Crippen LogP contribution >= 0.6 is 0 Å². The molecule has 0 bridgehead atoms. The van der Waals surface area contributed by atoms with Crippen LogP contribution < -0.4 is 15.2 Å². The lowest BCUT2D eigenvalue weighted by Gasteiger charge is -2.06. The highest BCUT2D eigenvalue weighted by Gasteiger charge is 2.08. The smallest absolute Gasteiger partial charge is 0.331 e. The van der Waals surface area contributed by atoms with Crippen molar-refractivity contribution in [3.63, 3.8) is 0 Å². The summed E-state index contributed by atoms with van der Waals surface area (Å²) < 4.78 is 32.7. The van der Waals surface area contributed by atoms with Crippen LogP contribution in [0.3, 0.4) is 0 Å². The van der Waals surface area contributed by atoms with E-state index >= 15 is 0 Å². The monoisotopic (exact) mass is 432 g/mol. The molecule has 1 amide bonds. The number of amides is 1. The fourth-order valence-corrected chi connectivity index (χ4v) is 2.95. The quantitative estimate of drug-likeness (QED) is 0.434. The van der Waals surface area contributed by atoms with Crippen LogP contribution in [0.15, 0.2) is 59.5 Å². The lowest BCUT2D eigenvalue weighted by molar-refractivity contribution is -0.143. The summed E-state index contributed by atoms with van der Waals surface area (Å²) in [6.45, 7) is 2.40. The molecule has 0 saturated heterocycles. The van der Waals surface area contributed by atoms with Crippen LogP contribution in [0, 0.1) is 0 Å². The van der Waals surface area contributed by atoms with Crippen LogP contribution in [-0.4, -0.2) is 40.1 Å². The summed E-state index contributed by atoms with van der Waals surface area (Å²) in [5, 5.41) is 7.67. The Balaban J connectivity index is 1.69. The molecule has 0 spiro atoms. The highest BCUT2D eigenvalue weighted by atomic mass is 32.2. The maximum Gasteiger partial charge on any atom is 0.331 e. The van der Waals surface area contributed by atoms with Gasteiger partial charge >= 0.3 is 5.97 Å². The van der Waals surface area contributed by atoms with Gasteiger partial charge in [0.25, 0.3) is 5.91 Å². The van der Waals surface area contributed by atoms with Gasteiger partial charge in [-0.2, -0.15) is 0 Å². The molecule has 0 unspecified atom stereocenters. The Hall–Kier alpha value is -3.17. The van der Waals surface area contributed by atoms with E-state index in [-0.39, 0.29) is 4.90 Å². The number of primary sulfonamides is 1. The number of esters is 1. The summed E-state index contributed by atoms with van der Waals surface area (Å²) in [5.41, 5.74) is 1.63. The van der Waals surface area contributed by atoms with Crippen molar-refractivity contribution in [2.24, 2.45) is 5.14 Å². The topological polar surface area (TPSA) is 125 Å². The Morgan fingerprint density at radius 2 is 1.73 bits per heavy atom. The Bertz CT molecular complexity index is 983. The average Bonchev–Trinajstić information content (AvgIpc) is 2.72. The molecule has 30 heavy (non-hydrogen) atoms. The fraction of sp³-hybridized carbons (Fsp3) is 0.238. The summed E-state index contributed by atoms with van der Waals surface area (Å²) in [4.78, 5) is 23.5. The molecular formula is C21H24N2O6S. The van der Waals surface area contributed by atoms with Crippen molar-refractivity contribution in [3.8, 4) is 5.75 Å². The first-order chi connectivity index (χ1) is 14.3. The summed E-state index contributed by atoms with van der Waals surface area (Å²) in [6, 6.07) is 13.3. The largest absolute Gasteiger partial charge is 0.494 e. The number of carbonyl (C=O) groups is 2. The molecule has 0 aliphatic carbocycles. The van der Waals surface area contributed by atoms with E-state index in [9.17, 15) is 18.0 Å². The Morgan fingerprint density at radius 1 is 1.07 bits per heavy atom. The molecule has 8 nitrogen and oxygen atoms in total. The SMILES string of the molecule is CCOc1ccc(/C=C/C(=O)OCC(=O)NCCc2ccc(S(N)(=O)=O)cc2)cc1. The number of carbonyl (C=O) groups excluding carboxylic acids is 2. The second-order valence-electron chi connectivity index (χ2n) is 6.23. The molecule has 0 aliphatic heterocycles. The highest BCUT2D eigenvalue weighted by molar-refractivity contribution is 7.89. The second-order valence-corrected chi connectivity index (χ2v) is 7.79. The molecule has 0 fully saturated rings. The van der Waals surface area contributed by atoms with E-state index in [4.69, 9.17) is 14.6 Å². The number of ether oxygens (including phenoxy) is 2.